The molecule has 0 spiro atoms. The molecule has 3 aromatic rings. The van der Waals surface area contributed by atoms with Crippen molar-refractivity contribution in [3.63, 3.8) is 0 Å². The molecule has 2 aromatic carbocycles. The van der Waals surface area contributed by atoms with E-state index in [1.807, 2.05) is 41.9 Å². The van der Waals surface area contributed by atoms with Crippen LogP contribution in [0.2, 0.25) is 0 Å². The largest absolute Gasteiger partial charge is 0.330 e. The maximum atomic E-state index is 13.2. The molecule has 0 bridgehead atoms. The standard InChI is InChI=1S/C21H21FN2O2S/c1-24-19(14-9-15-7-8-15)21(23-20(24)16-5-3-2-4-6-16)27(25,26)18-12-10-17(22)11-13-18/h2-6,10-13,15H,7-9,14H2,1H3. The highest BCUT2D eigenvalue weighted by Crippen LogP contribution is 2.36. The molecule has 27 heavy (non-hydrogen) atoms. The number of aromatic nitrogens is 2. The van der Waals surface area contributed by atoms with Gasteiger partial charge in [0.15, 0.2) is 5.03 Å². The molecule has 0 N–H and O–H groups in total. The van der Waals surface area contributed by atoms with Crippen molar-refractivity contribution in [2.75, 3.05) is 0 Å². The van der Waals surface area contributed by atoms with E-state index in [1.54, 1.807) is 0 Å². The minimum Gasteiger partial charge on any atom is -0.330 e. The van der Waals surface area contributed by atoms with Crippen molar-refractivity contribution >= 4 is 9.84 Å². The number of nitrogens with zero attached hydrogens (tertiary/aromatic N) is 2. The fourth-order valence-electron chi connectivity index (χ4n) is 3.32. The van der Waals surface area contributed by atoms with E-state index in [9.17, 15) is 12.8 Å². The van der Waals surface area contributed by atoms with Gasteiger partial charge in [0.1, 0.15) is 11.6 Å². The molecule has 140 valence electrons. The summed E-state index contributed by atoms with van der Waals surface area (Å²) < 4.78 is 41.6. The van der Waals surface area contributed by atoms with Gasteiger partial charge in [0.2, 0.25) is 9.84 Å². The molecule has 4 nitrogen and oxygen atoms in total. The van der Waals surface area contributed by atoms with Crippen molar-refractivity contribution in [2.45, 2.75) is 35.6 Å². The predicted molar refractivity (Wildman–Crippen MR) is 102 cm³/mol. The van der Waals surface area contributed by atoms with Crippen LogP contribution in [-0.4, -0.2) is 18.0 Å². The van der Waals surface area contributed by atoms with Crippen LogP contribution in [0.4, 0.5) is 4.39 Å². The van der Waals surface area contributed by atoms with Gasteiger partial charge in [-0.15, -0.1) is 0 Å². The van der Waals surface area contributed by atoms with E-state index >= 15 is 0 Å². The van der Waals surface area contributed by atoms with Crippen molar-refractivity contribution in [1.82, 2.24) is 9.55 Å². The summed E-state index contributed by atoms with van der Waals surface area (Å²) in [4.78, 5) is 4.59. The third-order valence-corrected chi connectivity index (χ3v) is 6.80. The molecule has 1 aliphatic rings. The number of hydrogen-bond donors (Lipinski definition) is 0. The SMILES string of the molecule is Cn1c(-c2ccccc2)nc(S(=O)(=O)c2ccc(F)cc2)c1CCC1CC1. The number of hydrogen-bond acceptors (Lipinski definition) is 3. The fraction of sp³-hybridized carbons (Fsp3) is 0.286. The zero-order valence-electron chi connectivity index (χ0n) is 15.1. The van der Waals surface area contributed by atoms with Gasteiger partial charge in [0, 0.05) is 12.6 Å². The summed E-state index contributed by atoms with van der Waals surface area (Å²) in [6.07, 6.45) is 4.04. The van der Waals surface area contributed by atoms with Crippen LogP contribution in [0.1, 0.15) is 25.0 Å². The highest BCUT2D eigenvalue weighted by atomic mass is 32.2. The maximum absolute atomic E-state index is 13.2. The van der Waals surface area contributed by atoms with Crippen LogP contribution in [0, 0.1) is 11.7 Å². The Morgan fingerprint density at radius 1 is 1.07 bits per heavy atom. The second-order valence-electron chi connectivity index (χ2n) is 7.05. The number of halogens is 1. The third kappa shape index (κ3) is 3.54. The van der Waals surface area contributed by atoms with Crippen molar-refractivity contribution in [3.8, 4) is 11.4 Å². The topological polar surface area (TPSA) is 52.0 Å². The van der Waals surface area contributed by atoms with Crippen LogP contribution >= 0.6 is 0 Å². The summed E-state index contributed by atoms with van der Waals surface area (Å²) in [7, 11) is -1.96. The minimum absolute atomic E-state index is 0.0642. The van der Waals surface area contributed by atoms with E-state index in [2.05, 4.69) is 4.98 Å². The molecule has 4 rings (SSSR count). The first-order chi connectivity index (χ1) is 13.0. The highest BCUT2D eigenvalue weighted by molar-refractivity contribution is 7.91. The summed E-state index contributed by atoms with van der Waals surface area (Å²) in [5.74, 6) is 0.845. The van der Waals surface area contributed by atoms with Crippen LogP contribution in [0.15, 0.2) is 64.5 Å². The number of benzene rings is 2. The smallest absolute Gasteiger partial charge is 0.225 e. The Bertz CT molecular complexity index is 1050. The molecule has 1 saturated carbocycles. The summed E-state index contributed by atoms with van der Waals surface area (Å²) in [6, 6.07) is 14.5. The molecule has 6 heteroatoms. The second kappa shape index (κ2) is 6.93. The summed E-state index contributed by atoms with van der Waals surface area (Å²) in [6.45, 7) is 0. The van der Waals surface area contributed by atoms with E-state index in [1.165, 1.54) is 25.0 Å². The first-order valence-electron chi connectivity index (χ1n) is 9.08. The van der Waals surface area contributed by atoms with Gasteiger partial charge in [-0.05, 0) is 43.0 Å². The Labute approximate surface area is 158 Å². The number of imidazole rings is 1. The van der Waals surface area contributed by atoms with Crippen molar-refractivity contribution in [3.05, 3.63) is 66.1 Å². The molecule has 1 aromatic heterocycles. The van der Waals surface area contributed by atoms with E-state index < -0.39 is 15.7 Å². The van der Waals surface area contributed by atoms with E-state index in [-0.39, 0.29) is 9.92 Å². The van der Waals surface area contributed by atoms with Crippen LogP contribution in [0.5, 0.6) is 0 Å². The minimum atomic E-state index is -3.82. The maximum Gasteiger partial charge on any atom is 0.225 e. The highest BCUT2D eigenvalue weighted by Gasteiger charge is 2.30. The van der Waals surface area contributed by atoms with Gasteiger partial charge in [-0.2, -0.15) is 0 Å². The van der Waals surface area contributed by atoms with E-state index in [0.717, 1.165) is 24.1 Å². The molecule has 0 aliphatic heterocycles. The Morgan fingerprint density at radius 2 is 1.74 bits per heavy atom. The Morgan fingerprint density at radius 3 is 2.37 bits per heavy atom. The molecule has 1 aliphatic carbocycles. The second-order valence-corrected chi connectivity index (χ2v) is 8.92. The Kier molecular flexibility index (Phi) is 4.60. The Balaban J connectivity index is 1.83. The van der Waals surface area contributed by atoms with E-state index in [4.69, 9.17) is 0 Å². The molecule has 0 amide bonds. The summed E-state index contributed by atoms with van der Waals surface area (Å²) in [5.41, 5.74) is 1.58. The van der Waals surface area contributed by atoms with Crippen molar-refractivity contribution < 1.29 is 12.8 Å². The fourth-order valence-corrected chi connectivity index (χ4v) is 4.79. The van der Waals surface area contributed by atoms with Crippen molar-refractivity contribution in [2.24, 2.45) is 13.0 Å². The molecule has 0 saturated heterocycles. The van der Waals surface area contributed by atoms with E-state index in [0.29, 0.717) is 23.9 Å². The van der Waals surface area contributed by atoms with Gasteiger partial charge < -0.3 is 4.57 Å². The lowest BCUT2D eigenvalue weighted by Gasteiger charge is -2.08. The zero-order chi connectivity index (χ0) is 19.0. The first-order valence-corrected chi connectivity index (χ1v) is 10.6. The van der Waals surface area contributed by atoms with Gasteiger partial charge in [0.05, 0.1) is 10.6 Å². The zero-order valence-corrected chi connectivity index (χ0v) is 15.9. The number of rotatable bonds is 6. The van der Waals surface area contributed by atoms with Crippen LogP contribution < -0.4 is 0 Å². The van der Waals surface area contributed by atoms with Gasteiger partial charge in [-0.3, -0.25) is 0 Å². The molecule has 0 unspecified atom stereocenters. The monoisotopic (exact) mass is 384 g/mol. The molecule has 1 heterocycles. The van der Waals surface area contributed by atoms with Gasteiger partial charge in [0.25, 0.3) is 0 Å². The summed E-state index contributed by atoms with van der Waals surface area (Å²) in [5, 5.41) is 0.0797. The van der Waals surface area contributed by atoms with Crippen LogP contribution in [-0.2, 0) is 23.3 Å². The number of sulfone groups is 1. The van der Waals surface area contributed by atoms with Crippen LogP contribution in [0.25, 0.3) is 11.4 Å². The lowest BCUT2D eigenvalue weighted by atomic mass is 10.2. The molecular formula is C21H21FN2O2S. The normalized spacial score (nSPS) is 14.4. The molecule has 1 fully saturated rings. The Hall–Kier alpha value is -2.47. The third-order valence-electron chi connectivity index (χ3n) is 5.07. The average molecular weight is 384 g/mol. The van der Waals surface area contributed by atoms with Gasteiger partial charge in [-0.25, -0.2) is 17.8 Å². The summed E-state index contributed by atoms with van der Waals surface area (Å²) >= 11 is 0. The quantitative estimate of drug-likeness (QED) is 0.592. The molecule has 0 radical (unpaired) electrons. The first kappa shape index (κ1) is 17.9. The lowest BCUT2D eigenvalue weighted by Crippen LogP contribution is -2.08. The molecule has 0 atom stereocenters. The van der Waals surface area contributed by atoms with Gasteiger partial charge >= 0.3 is 0 Å². The van der Waals surface area contributed by atoms with Crippen LogP contribution in [0.3, 0.4) is 0 Å². The van der Waals surface area contributed by atoms with Crippen molar-refractivity contribution in [1.29, 1.82) is 0 Å². The van der Waals surface area contributed by atoms with Gasteiger partial charge in [-0.1, -0.05) is 43.2 Å². The average Bonchev–Trinajstić information content (AvgIpc) is 3.43. The molecular weight excluding hydrogens is 363 g/mol. The lowest BCUT2D eigenvalue weighted by molar-refractivity contribution is 0.587. The predicted octanol–water partition coefficient (Wildman–Crippen LogP) is 4.40.